The van der Waals surface area contributed by atoms with Crippen LogP contribution in [0, 0.1) is 0 Å². The van der Waals surface area contributed by atoms with Gasteiger partial charge in [0.05, 0.1) is 13.2 Å². The second-order valence-corrected chi connectivity index (χ2v) is 5.98. The van der Waals surface area contributed by atoms with Gasteiger partial charge in [-0.15, -0.1) is 0 Å². The molecule has 1 atom stereocenters. The van der Waals surface area contributed by atoms with E-state index in [1.807, 2.05) is 13.8 Å². The SMILES string of the molecule is CC(C)c1ccc(C(=O)N2CCOC(C)(C(N)=O)C2)c(=O)[nH]1. The summed E-state index contributed by atoms with van der Waals surface area (Å²) in [5.41, 5.74) is 4.49. The predicted molar refractivity (Wildman–Crippen MR) is 80.6 cm³/mol. The van der Waals surface area contributed by atoms with Gasteiger partial charge < -0.3 is 20.4 Å². The molecule has 120 valence electrons. The number of rotatable bonds is 3. The number of morpholine rings is 1. The van der Waals surface area contributed by atoms with E-state index in [1.54, 1.807) is 13.0 Å². The van der Waals surface area contributed by atoms with Gasteiger partial charge in [0.15, 0.2) is 5.60 Å². The summed E-state index contributed by atoms with van der Waals surface area (Å²) in [6.07, 6.45) is 0. The Morgan fingerprint density at radius 2 is 2.09 bits per heavy atom. The van der Waals surface area contributed by atoms with E-state index in [9.17, 15) is 14.4 Å². The van der Waals surface area contributed by atoms with E-state index >= 15 is 0 Å². The first kappa shape index (κ1) is 16.2. The van der Waals surface area contributed by atoms with Crippen molar-refractivity contribution in [1.29, 1.82) is 0 Å². The summed E-state index contributed by atoms with van der Waals surface area (Å²) in [6.45, 7) is 5.99. The fourth-order valence-electron chi connectivity index (χ4n) is 2.36. The number of aromatic amines is 1. The maximum atomic E-state index is 12.5. The number of pyridine rings is 1. The number of nitrogens with one attached hydrogen (secondary N) is 1. The highest BCUT2D eigenvalue weighted by atomic mass is 16.5. The van der Waals surface area contributed by atoms with E-state index in [4.69, 9.17) is 10.5 Å². The van der Waals surface area contributed by atoms with Crippen LogP contribution < -0.4 is 11.3 Å². The maximum Gasteiger partial charge on any atom is 0.261 e. The Kier molecular flexibility index (Phi) is 4.37. The first-order valence-corrected chi connectivity index (χ1v) is 7.21. The lowest BCUT2D eigenvalue weighted by Gasteiger charge is -2.38. The molecule has 1 unspecified atom stereocenters. The molecule has 22 heavy (non-hydrogen) atoms. The van der Waals surface area contributed by atoms with Gasteiger partial charge in [-0.3, -0.25) is 14.4 Å². The maximum absolute atomic E-state index is 12.5. The monoisotopic (exact) mass is 307 g/mol. The molecule has 7 nitrogen and oxygen atoms in total. The summed E-state index contributed by atoms with van der Waals surface area (Å²) in [4.78, 5) is 40.2. The van der Waals surface area contributed by atoms with Gasteiger partial charge in [0.25, 0.3) is 17.4 Å². The van der Waals surface area contributed by atoms with Crippen molar-refractivity contribution in [2.75, 3.05) is 19.7 Å². The third-order valence-electron chi connectivity index (χ3n) is 3.87. The summed E-state index contributed by atoms with van der Waals surface area (Å²) in [7, 11) is 0. The van der Waals surface area contributed by atoms with Gasteiger partial charge in [0.1, 0.15) is 5.56 Å². The Balaban J connectivity index is 2.25. The highest BCUT2D eigenvalue weighted by Gasteiger charge is 2.39. The first-order chi connectivity index (χ1) is 10.2. The topological polar surface area (TPSA) is 105 Å². The zero-order chi connectivity index (χ0) is 16.5. The zero-order valence-corrected chi connectivity index (χ0v) is 13.0. The van der Waals surface area contributed by atoms with Crippen molar-refractivity contribution < 1.29 is 14.3 Å². The van der Waals surface area contributed by atoms with Gasteiger partial charge in [0, 0.05) is 12.2 Å². The predicted octanol–water partition coefficient (Wildman–Crippen LogP) is 0.215. The highest BCUT2D eigenvalue weighted by Crippen LogP contribution is 2.18. The van der Waals surface area contributed by atoms with Crippen LogP contribution in [-0.4, -0.2) is 47.0 Å². The summed E-state index contributed by atoms with van der Waals surface area (Å²) in [5.74, 6) is -0.889. The van der Waals surface area contributed by atoms with E-state index in [0.29, 0.717) is 6.54 Å². The van der Waals surface area contributed by atoms with Gasteiger partial charge in [0.2, 0.25) is 0 Å². The van der Waals surface area contributed by atoms with E-state index in [1.165, 1.54) is 11.0 Å². The number of nitrogens with zero attached hydrogens (tertiary/aromatic N) is 1. The number of primary amides is 1. The normalized spacial score (nSPS) is 21.9. The third kappa shape index (κ3) is 3.04. The Hall–Kier alpha value is -2.15. The number of hydrogen-bond donors (Lipinski definition) is 2. The summed E-state index contributed by atoms with van der Waals surface area (Å²) >= 11 is 0. The lowest BCUT2D eigenvalue weighted by Crippen LogP contribution is -2.58. The quantitative estimate of drug-likeness (QED) is 0.833. The second kappa shape index (κ2) is 5.92. The molecule has 2 amide bonds. The minimum Gasteiger partial charge on any atom is -0.367 e. The Bertz CT molecular complexity index is 652. The van der Waals surface area contributed by atoms with Crippen LogP contribution in [0.25, 0.3) is 0 Å². The van der Waals surface area contributed by atoms with Crippen molar-refractivity contribution in [3.8, 4) is 0 Å². The van der Waals surface area contributed by atoms with Crippen molar-refractivity contribution in [3.63, 3.8) is 0 Å². The van der Waals surface area contributed by atoms with Gasteiger partial charge in [-0.25, -0.2) is 0 Å². The van der Waals surface area contributed by atoms with Gasteiger partial charge in [-0.2, -0.15) is 0 Å². The van der Waals surface area contributed by atoms with E-state index < -0.39 is 23.0 Å². The average Bonchev–Trinajstić information content (AvgIpc) is 2.46. The second-order valence-electron chi connectivity index (χ2n) is 5.98. The number of carbonyl (C=O) groups excluding carboxylic acids is 2. The molecule has 0 spiro atoms. The molecule has 0 bridgehead atoms. The van der Waals surface area contributed by atoms with Crippen LogP contribution in [0.4, 0.5) is 0 Å². The fraction of sp³-hybridized carbons (Fsp3) is 0.533. The third-order valence-corrected chi connectivity index (χ3v) is 3.87. The van der Waals surface area contributed by atoms with Crippen molar-refractivity contribution in [2.45, 2.75) is 32.3 Å². The van der Waals surface area contributed by atoms with Crippen LogP contribution in [0.5, 0.6) is 0 Å². The van der Waals surface area contributed by atoms with Gasteiger partial charge in [-0.1, -0.05) is 13.8 Å². The Labute approximate surface area is 128 Å². The molecule has 0 saturated carbocycles. The molecule has 0 aliphatic carbocycles. The molecule has 1 aliphatic heterocycles. The van der Waals surface area contributed by atoms with E-state index in [0.717, 1.165) is 5.69 Å². The van der Waals surface area contributed by atoms with Crippen LogP contribution >= 0.6 is 0 Å². The largest absolute Gasteiger partial charge is 0.367 e. The summed E-state index contributed by atoms with van der Waals surface area (Å²) < 4.78 is 5.37. The number of carbonyl (C=O) groups is 2. The standard InChI is InChI=1S/C15H21N3O4/c1-9(2)11-5-4-10(12(19)17-11)13(20)18-6-7-22-15(3,8-18)14(16)21/h4-5,9H,6-8H2,1-3H3,(H2,16,21)(H,17,19). The smallest absolute Gasteiger partial charge is 0.261 e. The molecule has 1 fully saturated rings. The molecule has 0 radical (unpaired) electrons. The number of ether oxygens (including phenoxy) is 1. The molecule has 2 rings (SSSR count). The number of aromatic nitrogens is 1. The molecule has 1 aromatic rings. The van der Waals surface area contributed by atoms with E-state index in [-0.39, 0.29) is 24.6 Å². The minimum absolute atomic E-state index is 0.0343. The molecule has 2 heterocycles. The van der Waals surface area contributed by atoms with Crippen molar-refractivity contribution in [2.24, 2.45) is 5.73 Å². The van der Waals surface area contributed by atoms with Crippen molar-refractivity contribution in [3.05, 3.63) is 33.7 Å². The molecule has 3 N–H and O–H groups in total. The molecular formula is C15H21N3O4. The summed E-state index contributed by atoms with van der Waals surface area (Å²) in [6, 6.07) is 3.25. The minimum atomic E-state index is -1.22. The van der Waals surface area contributed by atoms with Crippen LogP contribution in [0.15, 0.2) is 16.9 Å². The highest BCUT2D eigenvalue weighted by molar-refractivity contribution is 5.94. The van der Waals surface area contributed by atoms with Gasteiger partial charge >= 0.3 is 0 Å². The molecule has 7 heteroatoms. The lowest BCUT2D eigenvalue weighted by molar-refractivity contribution is -0.150. The van der Waals surface area contributed by atoms with Crippen LogP contribution in [0.3, 0.4) is 0 Å². The number of amides is 2. The Morgan fingerprint density at radius 1 is 1.41 bits per heavy atom. The number of H-pyrrole nitrogens is 1. The molecule has 1 saturated heterocycles. The van der Waals surface area contributed by atoms with Crippen LogP contribution in [0.1, 0.15) is 42.7 Å². The average molecular weight is 307 g/mol. The van der Waals surface area contributed by atoms with Crippen LogP contribution in [-0.2, 0) is 9.53 Å². The summed E-state index contributed by atoms with van der Waals surface area (Å²) in [5, 5.41) is 0. The molecular weight excluding hydrogens is 286 g/mol. The molecule has 0 aromatic carbocycles. The molecule has 1 aliphatic rings. The lowest BCUT2D eigenvalue weighted by atomic mass is 10.0. The van der Waals surface area contributed by atoms with Gasteiger partial charge in [-0.05, 0) is 25.0 Å². The number of nitrogens with two attached hydrogens (primary N) is 1. The Morgan fingerprint density at radius 3 is 2.64 bits per heavy atom. The zero-order valence-electron chi connectivity index (χ0n) is 13.0. The number of hydrogen-bond acceptors (Lipinski definition) is 4. The van der Waals surface area contributed by atoms with Crippen LogP contribution in [0.2, 0.25) is 0 Å². The molecule has 1 aromatic heterocycles. The fourth-order valence-corrected chi connectivity index (χ4v) is 2.36. The van der Waals surface area contributed by atoms with Crippen molar-refractivity contribution in [1.82, 2.24) is 9.88 Å². The first-order valence-electron chi connectivity index (χ1n) is 7.21. The van der Waals surface area contributed by atoms with Crippen molar-refractivity contribution >= 4 is 11.8 Å². The van der Waals surface area contributed by atoms with E-state index in [2.05, 4.69) is 4.98 Å².